The number of ether oxygens (including phenoxy) is 2. The topological polar surface area (TPSA) is 104 Å². The number of pyridine rings is 1. The Kier molecular flexibility index (Phi) is 7.45. The molecule has 4 heterocycles. The highest BCUT2D eigenvalue weighted by atomic mass is 127. The van der Waals surface area contributed by atoms with Gasteiger partial charge in [-0.1, -0.05) is 0 Å². The van der Waals surface area contributed by atoms with Crippen molar-refractivity contribution in [2.45, 2.75) is 58.7 Å². The second-order valence-electron chi connectivity index (χ2n) is 10.7. The van der Waals surface area contributed by atoms with Crippen LogP contribution in [0.3, 0.4) is 0 Å². The Morgan fingerprint density at radius 2 is 2.03 bits per heavy atom. The molecule has 0 spiro atoms. The van der Waals surface area contributed by atoms with Crippen LogP contribution in [-0.2, 0) is 11.3 Å². The lowest BCUT2D eigenvalue weighted by molar-refractivity contribution is 0.0452. The Morgan fingerprint density at radius 1 is 1.23 bits per heavy atom. The van der Waals surface area contributed by atoms with E-state index in [1.54, 1.807) is 24.3 Å². The maximum Gasteiger partial charge on any atom is 0.407 e. The zero-order chi connectivity index (χ0) is 27.9. The van der Waals surface area contributed by atoms with Gasteiger partial charge < -0.3 is 24.3 Å². The van der Waals surface area contributed by atoms with Gasteiger partial charge in [0.15, 0.2) is 5.82 Å². The molecule has 0 bridgehead atoms. The number of imidazole rings is 1. The average molecular weight is 645 g/mol. The molecule has 1 aromatic carbocycles. The van der Waals surface area contributed by atoms with E-state index in [9.17, 15) is 9.59 Å². The molecule has 4 aromatic rings. The number of halogens is 1. The van der Waals surface area contributed by atoms with Gasteiger partial charge in [-0.15, -0.1) is 0 Å². The van der Waals surface area contributed by atoms with Crippen LogP contribution in [0.15, 0.2) is 36.5 Å². The van der Waals surface area contributed by atoms with Crippen molar-refractivity contribution >= 4 is 56.9 Å². The smallest absolute Gasteiger partial charge is 0.407 e. The largest absolute Gasteiger partial charge is 0.494 e. The molecule has 2 amide bonds. The van der Waals surface area contributed by atoms with Gasteiger partial charge >= 0.3 is 6.09 Å². The minimum absolute atomic E-state index is 0.123. The summed E-state index contributed by atoms with van der Waals surface area (Å²) in [5, 5.41) is 3.95. The number of benzene rings is 1. The number of likely N-dealkylation sites (tertiary alicyclic amines) is 1. The Morgan fingerprint density at radius 3 is 2.74 bits per heavy atom. The molecule has 1 aliphatic rings. The second kappa shape index (κ2) is 10.7. The van der Waals surface area contributed by atoms with Crippen molar-refractivity contribution in [3.8, 4) is 17.3 Å². The van der Waals surface area contributed by atoms with Crippen LogP contribution in [-0.4, -0.2) is 66.1 Å². The van der Waals surface area contributed by atoms with Gasteiger partial charge in [-0.3, -0.25) is 7.58 Å². The molecule has 0 saturated carbocycles. The number of aryl methyl sites for hydroxylation is 1. The summed E-state index contributed by atoms with van der Waals surface area (Å²) in [5.41, 5.74) is 3.23. The Bertz CT molecular complexity index is 1550. The normalized spacial score (nSPS) is 16.1. The summed E-state index contributed by atoms with van der Waals surface area (Å²) in [5.74, 6) is 1.21. The summed E-state index contributed by atoms with van der Waals surface area (Å²) in [6.07, 6.45) is 2.90. The molecular formula is C28H33IN6O4. The molecule has 1 fully saturated rings. The molecule has 3 aromatic heterocycles. The summed E-state index contributed by atoms with van der Waals surface area (Å²) in [4.78, 5) is 37.2. The molecule has 5 rings (SSSR count). The van der Waals surface area contributed by atoms with Crippen LogP contribution < -0.4 is 10.1 Å². The van der Waals surface area contributed by atoms with Gasteiger partial charge in [-0.2, -0.15) is 0 Å². The van der Waals surface area contributed by atoms with E-state index >= 15 is 0 Å². The third-order valence-corrected chi connectivity index (χ3v) is 7.70. The van der Waals surface area contributed by atoms with Crippen molar-refractivity contribution in [1.82, 2.24) is 27.5 Å². The monoisotopic (exact) mass is 644 g/mol. The highest BCUT2D eigenvalue weighted by molar-refractivity contribution is 14.1. The molecule has 11 heteroatoms. The average Bonchev–Trinajstić information content (AvgIpc) is 3.43. The van der Waals surface area contributed by atoms with Crippen LogP contribution in [0.2, 0.25) is 0 Å². The Balaban J connectivity index is 1.46. The summed E-state index contributed by atoms with van der Waals surface area (Å²) < 4.78 is 15.2. The molecule has 0 unspecified atom stereocenters. The predicted molar refractivity (Wildman–Crippen MR) is 158 cm³/mol. The standard InChI is InChI=1S/C28H33IN6O4/c1-6-34-21(14-17-9-7-11-30-24(17)34)25-32-20-13-18(15-22(38-5)23(20)35(25)29)26(36)33-12-8-10-19(16-33)31-27(37)39-28(2,3)4/h7,9,11,13-15,19H,6,8,10,12,16H2,1-5H3,(H,31,37)/t19-/m1/s1. The van der Waals surface area contributed by atoms with E-state index < -0.39 is 11.7 Å². The van der Waals surface area contributed by atoms with Crippen molar-refractivity contribution in [2.75, 3.05) is 20.2 Å². The number of nitrogens with zero attached hydrogens (tertiary/aromatic N) is 5. The fraction of sp³-hybridized carbons (Fsp3) is 0.429. The van der Waals surface area contributed by atoms with Gasteiger partial charge in [0, 0.05) is 42.8 Å². The number of alkyl carbamates (subject to hydrolysis) is 1. The van der Waals surface area contributed by atoms with Gasteiger partial charge in [0.05, 0.1) is 41.2 Å². The van der Waals surface area contributed by atoms with Gasteiger partial charge in [-0.05, 0) is 70.9 Å². The van der Waals surface area contributed by atoms with Gasteiger partial charge in [-0.25, -0.2) is 14.8 Å². The minimum Gasteiger partial charge on any atom is -0.494 e. The lowest BCUT2D eigenvalue weighted by atomic mass is 10.0. The number of nitrogens with one attached hydrogen (secondary N) is 1. The van der Waals surface area contributed by atoms with Gasteiger partial charge in [0.1, 0.15) is 22.5 Å². The molecule has 0 aliphatic carbocycles. The summed E-state index contributed by atoms with van der Waals surface area (Å²) >= 11 is 2.23. The van der Waals surface area contributed by atoms with Crippen LogP contribution in [0, 0.1) is 0 Å². The Labute approximate surface area is 241 Å². The SMILES string of the molecule is CCn1c(-c2nc3cc(C(=O)N4CCC[C@@H](NC(=O)OC(C)(C)C)C4)cc(OC)c3n2I)cc2cccnc21. The number of carbonyl (C=O) groups is 2. The van der Waals surface area contributed by atoms with Gasteiger partial charge in [0.25, 0.3) is 5.91 Å². The molecule has 206 valence electrons. The first kappa shape index (κ1) is 27.2. The van der Waals surface area contributed by atoms with Crippen molar-refractivity contribution in [2.24, 2.45) is 0 Å². The number of amides is 2. The summed E-state index contributed by atoms with van der Waals surface area (Å²) in [7, 11) is 1.60. The van der Waals surface area contributed by atoms with Gasteiger partial charge in [0.2, 0.25) is 0 Å². The van der Waals surface area contributed by atoms with E-state index in [1.165, 1.54) is 0 Å². The number of fused-ring (bicyclic) bond motifs is 2. The number of aromatic nitrogens is 4. The second-order valence-corrected chi connectivity index (χ2v) is 11.7. The molecule has 39 heavy (non-hydrogen) atoms. The van der Waals surface area contributed by atoms with E-state index in [0.29, 0.717) is 29.9 Å². The fourth-order valence-corrected chi connectivity index (χ4v) is 5.94. The summed E-state index contributed by atoms with van der Waals surface area (Å²) in [6.45, 7) is 9.33. The highest BCUT2D eigenvalue weighted by Crippen LogP contribution is 2.36. The predicted octanol–water partition coefficient (Wildman–Crippen LogP) is 5.41. The maximum atomic E-state index is 13.6. The van der Waals surface area contributed by atoms with E-state index in [4.69, 9.17) is 14.5 Å². The lowest BCUT2D eigenvalue weighted by Crippen LogP contribution is -2.50. The minimum atomic E-state index is -0.580. The molecule has 1 N–H and O–H groups in total. The Hall–Kier alpha value is -3.35. The van der Waals surface area contributed by atoms with Crippen LogP contribution >= 0.6 is 22.9 Å². The van der Waals surface area contributed by atoms with Crippen molar-refractivity contribution < 1.29 is 19.1 Å². The lowest BCUT2D eigenvalue weighted by Gasteiger charge is -2.33. The van der Waals surface area contributed by atoms with Crippen molar-refractivity contribution in [3.63, 3.8) is 0 Å². The fourth-order valence-electron chi connectivity index (χ4n) is 5.10. The molecular weight excluding hydrogens is 611 g/mol. The quantitative estimate of drug-likeness (QED) is 0.292. The molecule has 1 atom stereocenters. The van der Waals surface area contributed by atoms with Crippen LogP contribution in [0.25, 0.3) is 33.6 Å². The first-order valence-corrected chi connectivity index (χ1v) is 14.1. The van der Waals surface area contributed by atoms with E-state index in [0.717, 1.165) is 47.5 Å². The number of rotatable bonds is 5. The molecule has 10 nitrogen and oxygen atoms in total. The number of hydrogen-bond donors (Lipinski definition) is 1. The first-order valence-electron chi connectivity index (χ1n) is 13.1. The number of methoxy groups -OCH3 is 1. The first-order chi connectivity index (χ1) is 18.6. The highest BCUT2D eigenvalue weighted by Gasteiger charge is 2.29. The zero-order valence-electron chi connectivity index (χ0n) is 22.8. The molecule has 0 radical (unpaired) electrons. The number of piperidine rings is 1. The third kappa shape index (κ3) is 5.41. The molecule has 1 aliphatic heterocycles. The number of hydrogen-bond acceptors (Lipinski definition) is 6. The van der Waals surface area contributed by atoms with Crippen molar-refractivity contribution in [1.29, 1.82) is 0 Å². The number of carbonyl (C=O) groups excluding carboxylic acids is 2. The third-order valence-electron chi connectivity index (χ3n) is 6.76. The zero-order valence-corrected chi connectivity index (χ0v) is 25.0. The van der Waals surface area contributed by atoms with E-state index in [-0.39, 0.29) is 11.9 Å². The van der Waals surface area contributed by atoms with E-state index in [1.807, 2.05) is 41.8 Å². The maximum absolute atomic E-state index is 13.6. The molecule has 1 saturated heterocycles. The van der Waals surface area contributed by atoms with E-state index in [2.05, 4.69) is 50.7 Å². The van der Waals surface area contributed by atoms with Crippen LogP contribution in [0.4, 0.5) is 4.79 Å². The van der Waals surface area contributed by atoms with Crippen molar-refractivity contribution in [3.05, 3.63) is 42.1 Å². The summed E-state index contributed by atoms with van der Waals surface area (Å²) in [6, 6.07) is 9.47. The van der Waals surface area contributed by atoms with Crippen LogP contribution in [0.5, 0.6) is 5.75 Å². The van der Waals surface area contributed by atoms with Crippen LogP contribution in [0.1, 0.15) is 50.9 Å².